The van der Waals surface area contributed by atoms with E-state index in [1.54, 1.807) is 22.6 Å². The Morgan fingerprint density at radius 3 is 2.17 bits per heavy atom. The van der Waals surface area contributed by atoms with E-state index in [2.05, 4.69) is 4.98 Å². The molecule has 5 nitrogen and oxygen atoms in total. The van der Waals surface area contributed by atoms with Gasteiger partial charge in [-0.05, 0) is 5.56 Å². The number of alkyl halides is 4. The average Bonchev–Trinajstić information content (AvgIpc) is 2.25. The zero-order valence-corrected chi connectivity index (χ0v) is 10.6. The van der Waals surface area contributed by atoms with Gasteiger partial charge in [-0.3, -0.25) is 4.98 Å². The number of nitrogens with zero attached hydrogens (tertiary/aromatic N) is 1. The number of pyridine rings is 1. The summed E-state index contributed by atoms with van der Waals surface area (Å²) in [5, 5.41) is 17.6. The molecule has 0 fully saturated rings. The van der Waals surface area contributed by atoms with Crippen LogP contribution in [0.25, 0.3) is 0 Å². The van der Waals surface area contributed by atoms with Gasteiger partial charge in [-0.2, -0.15) is 13.2 Å². The SMILES string of the molecule is O=C(O)c1cnc(C(F)(F)F)c(C(=O)O)c1CI. The molecule has 0 bridgehead atoms. The third kappa shape index (κ3) is 2.71. The van der Waals surface area contributed by atoms with Crippen LogP contribution >= 0.6 is 22.6 Å². The average molecular weight is 375 g/mol. The second-order valence-corrected chi connectivity index (χ2v) is 3.88. The maximum atomic E-state index is 12.6. The first-order valence-electron chi connectivity index (χ1n) is 4.31. The summed E-state index contributed by atoms with van der Waals surface area (Å²) in [5.41, 5.74) is -3.66. The molecule has 0 saturated carbocycles. The molecular weight excluding hydrogens is 370 g/mol. The number of hydrogen-bond acceptors (Lipinski definition) is 3. The van der Waals surface area contributed by atoms with Gasteiger partial charge in [0.1, 0.15) is 0 Å². The van der Waals surface area contributed by atoms with E-state index in [0.29, 0.717) is 6.20 Å². The highest BCUT2D eigenvalue weighted by molar-refractivity contribution is 14.1. The summed E-state index contributed by atoms with van der Waals surface area (Å²) in [6.07, 6.45) is -4.43. The molecular formula is C9H5F3INO4. The molecule has 1 aromatic heterocycles. The zero-order valence-electron chi connectivity index (χ0n) is 8.45. The fraction of sp³-hybridized carbons (Fsp3) is 0.222. The molecule has 0 spiro atoms. The molecule has 1 aromatic rings. The summed E-state index contributed by atoms with van der Waals surface area (Å²) < 4.78 is 37.6. The predicted molar refractivity (Wildman–Crippen MR) is 60.9 cm³/mol. The summed E-state index contributed by atoms with van der Waals surface area (Å²) in [5.74, 6) is -3.38. The molecule has 0 saturated heterocycles. The van der Waals surface area contributed by atoms with Crippen molar-refractivity contribution in [3.8, 4) is 0 Å². The van der Waals surface area contributed by atoms with Crippen LogP contribution in [-0.2, 0) is 10.6 Å². The summed E-state index contributed by atoms with van der Waals surface area (Å²) >= 11 is 1.59. The Morgan fingerprint density at radius 1 is 1.28 bits per heavy atom. The lowest BCUT2D eigenvalue weighted by Crippen LogP contribution is -2.20. The van der Waals surface area contributed by atoms with Crippen molar-refractivity contribution in [3.63, 3.8) is 0 Å². The molecule has 0 aromatic carbocycles. The van der Waals surface area contributed by atoms with Gasteiger partial charge < -0.3 is 10.2 Å². The fourth-order valence-corrected chi connectivity index (χ4v) is 2.11. The Morgan fingerprint density at radius 2 is 1.83 bits per heavy atom. The van der Waals surface area contributed by atoms with Crippen LogP contribution in [0.15, 0.2) is 6.20 Å². The number of hydrogen-bond donors (Lipinski definition) is 2. The van der Waals surface area contributed by atoms with Crippen LogP contribution in [0.2, 0.25) is 0 Å². The molecule has 9 heteroatoms. The van der Waals surface area contributed by atoms with Crippen LogP contribution < -0.4 is 0 Å². The molecule has 18 heavy (non-hydrogen) atoms. The fourth-order valence-electron chi connectivity index (χ4n) is 1.32. The van der Waals surface area contributed by atoms with Gasteiger partial charge in [-0.25, -0.2) is 9.59 Å². The van der Waals surface area contributed by atoms with Crippen LogP contribution in [0, 0.1) is 0 Å². The van der Waals surface area contributed by atoms with E-state index in [1.165, 1.54) is 0 Å². The van der Waals surface area contributed by atoms with Gasteiger partial charge in [0.25, 0.3) is 0 Å². The van der Waals surface area contributed by atoms with E-state index in [1.807, 2.05) is 0 Å². The molecule has 0 radical (unpaired) electrons. The van der Waals surface area contributed by atoms with Gasteiger partial charge >= 0.3 is 18.1 Å². The maximum Gasteiger partial charge on any atom is 0.434 e. The molecule has 0 unspecified atom stereocenters. The topological polar surface area (TPSA) is 87.5 Å². The van der Waals surface area contributed by atoms with E-state index in [-0.39, 0.29) is 4.43 Å². The second kappa shape index (κ2) is 5.08. The first-order valence-corrected chi connectivity index (χ1v) is 5.84. The molecule has 98 valence electrons. The number of aromatic nitrogens is 1. The van der Waals surface area contributed by atoms with E-state index in [4.69, 9.17) is 10.2 Å². The minimum absolute atomic E-state index is 0.188. The van der Waals surface area contributed by atoms with E-state index in [9.17, 15) is 22.8 Å². The number of carboxylic acids is 2. The number of rotatable bonds is 3. The Kier molecular flexibility index (Phi) is 4.14. The zero-order chi connectivity index (χ0) is 14.1. The van der Waals surface area contributed by atoms with E-state index in [0.717, 1.165) is 0 Å². The van der Waals surface area contributed by atoms with Crippen molar-refractivity contribution in [3.05, 3.63) is 28.6 Å². The second-order valence-electron chi connectivity index (χ2n) is 3.12. The van der Waals surface area contributed by atoms with Crippen LogP contribution in [0.3, 0.4) is 0 Å². The van der Waals surface area contributed by atoms with Gasteiger partial charge in [0, 0.05) is 10.6 Å². The Balaban J connectivity index is 3.70. The molecule has 0 aliphatic heterocycles. The Bertz CT molecular complexity index is 515. The standard InChI is InChI=1S/C9H5F3INO4/c10-9(11,12)6-5(8(17)18)3(1-13)4(2-14-6)7(15)16/h2H,1H2,(H,15,16)(H,17,18). The highest BCUT2D eigenvalue weighted by Gasteiger charge is 2.39. The number of aromatic carboxylic acids is 2. The lowest BCUT2D eigenvalue weighted by molar-refractivity contribution is -0.141. The molecule has 0 amide bonds. The quantitative estimate of drug-likeness (QED) is 0.626. The summed E-state index contributed by atoms with van der Waals surface area (Å²) in [6.45, 7) is 0. The first-order chi connectivity index (χ1) is 8.20. The minimum Gasteiger partial charge on any atom is -0.478 e. The van der Waals surface area contributed by atoms with Crippen molar-refractivity contribution in [1.29, 1.82) is 0 Å². The van der Waals surface area contributed by atoms with Gasteiger partial charge in [-0.15, -0.1) is 0 Å². The van der Waals surface area contributed by atoms with Crippen molar-refractivity contribution in [2.75, 3.05) is 0 Å². The van der Waals surface area contributed by atoms with E-state index < -0.39 is 40.5 Å². The van der Waals surface area contributed by atoms with Gasteiger partial charge in [0.15, 0.2) is 5.69 Å². The maximum absolute atomic E-state index is 12.6. The van der Waals surface area contributed by atoms with Gasteiger partial charge in [0.2, 0.25) is 0 Å². The summed E-state index contributed by atoms with van der Waals surface area (Å²) in [7, 11) is 0. The highest BCUT2D eigenvalue weighted by atomic mass is 127. The summed E-state index contributed by atoms with van der Waals surface area (Å²) in [6, 6.07) is 0. The molecule has 2 N–H and O–H groups in total. The molecule has 1 rings (SSSR count). The summed E-state index contributed by atoms with van der Waals surface area (Å²) in [4.78, 5) is 24.6. The smallest absolute Gasteiger partial charge is 0.434 e. The van der Waals surface area contributed by atoms with Crippen molar-refractivity contribution < 1.29 is 33.0 Å². The van der Waals surface area contributed by atoms with Crippen molar-refractivity contribution in [1.82, 2.24) is 4.98 Å². The first kappa shape index (κ1) is 14.7. The van der Waals surface area contributed by atoms with Crippen molar-refractivity contribution in [2.45, 2.75) is 10.6 Å². The van der Waals surface area contributed by atoms with Crippen LogP contribution in [-0.4, -0.2) is 27.1 Å². The predicted octanol–water partition coefficient (Wildman–Crippen LogP) is 2.43. The number of halogens is 4. The largest absolute Gasteiger partial charge is 0.478 e. The highest BCUT2D eigenvalue weighted by Crippen LogP contribution is 2.33. The van der Waals surface area contributed by atoms with Crippen LogP contribution in [0.5, 0.6) is 0 Å². The minimum atomic E-state index is -4.95. The van der Waals surface area contributed by atoms with Crippen LogP contribution in [0.1, 0.15) is 32.0 Å². The van der Waals surface area contributed by atoms with Crippen molar-refractivity contribution >= 4 is 34.5 Å². The lowest BCUT2D eigenvalue weighted by atomic mass is 10.0. The monoisotopic (exact) mass is 375 g/mol. The number of carboxylic acid groups (broad SMARTS) is 2. The Labute approximate surface area is 112 Å². The number of carbonyl (C=O) groups is 2. The molecule has 0 aliphatic rings. The third-order valence-corrected chi connectivity index (χ3v) is 2.80. The van der Waals surface area contributed by atoms with Gasteiger partial charge in [-0.1, -0.05) is 22.6 Å². The molecule has 1 heterocycles. The van der Waals surface area contributed by atoms with Crippen LogP contribution in [0.4, 0.5) is 13.2 Å². The van der Waals surface area contributed by atoms with E-state index >= 15 is 0 Å². The Hall–Kier alpha value is -1.39. The lowest BCUT2D eigenvalue weighted by Gasteiger charge is -2.13. The third-order valence-electron chi connectivity index (χ3n) is 2.03. The normalized spacial score (nSPS) is 11.3. The molecule has 0 atom stereocenters. The van der Waals surface area contributed by atoms with Crippen molar-refractivity contribution in [2.24, 2.45) is 0 Å². The van der Waals surface area contributed by atoms with Gasteiger partial charge in [0.05, 0.1) is 11.1 Å². The molecule has 0 aliphatic carbocycles.